The summed E-state index contributed by atoms with van der Waals surface area (Å²) in [6.07, 6.45) is 1.38. The minimum absolute atomic E-state index is 0.0711. The van der Waals surface area contributed by atoms with Crippen molar-refractivity contribution >= 4 is 9.84 Å². The first-order valence-corrected chi connectivity index (χ1v) is 6.36. The maximum atomic E-state index is 11.4. The Balaban J connectivity index is 2.86. The molecule has 0 bridgehead atoms. The van der Waals surface area contributed by atoms with Gasteiger partial charge in [-0.05, 0) is 13.8 Å². The maximum Gasteiger partial charge on any atom is 0.202 e. The summed E-state index contributed by atoms with van der Waals surface area (Å²) in [6, 6.07) is 0. The second-order valence-corrected chi connectivity index (χ2v) is 5.26. The lowest BCUT2D eigenvalue weighted by atomic mass is 10.2. The Bertz CT molecular complexity index is 301. The monoisotopic (exact) mass is 220 g/mol. The van der Waals surface area contributed by atoms with Gasteiger partial charge in [0.25, 0.3) is 0 Å². The highest BCUT2D eigenvalue weighted by atomic mass is 32.2. The molecular weight excluding hydrogens is 204 g/mol. The Labute approximate surface area is 84.8 Å². The highest BCUT2D eigenvalue weighted by Crippen LogP contribution is 2.37. The highest BCUT2D eigenvalue weighted by Gasteiger charge is 2.59. The van der Waals surface area contributed by atoms with Crippen molar-refractivity contribution in [1.82, 2.24) is 0 Å². The number of rotatable bonds is 5. The second-order valence-electron chi connectivity index (χ2n) is 3.14. The molecule has 0 aliphatic carbocycles. The molecule has 0 aromatic carbocycles. The lowest BCUT2D eigenvalue weighted by Crippen LogP contribution is -2.65. The van der Waals surface area contributed by atoms with Gasteiger partial charge >= 0.3 is 0 Å². The Kier molecular flexibility index (Phi) is 3.34. The fraction of sp³-hybridized carbons (Fsp3) is 0.778. The van der Waals surface area contributed by atoms with Crippen molar-refractivity contribution in [2.75, 3.05) is 19.0 Å². The molecule has 82 valence electrons. The summed E-state index contributed by atoms with van der Waals surface area (Å²) in [5, 5.41) is -0.727. The molecule has 1 fully saturated rings. The van der Waals surface area contributed by atoms with Crippen molar-refractivity contribution in [3.8, 4) is 0 Å². The van der Waals surface area contributed by atoms with Crippen LogP contribution in [-0.2, 0) is 19.3 Å². The van der Waals surface area contributed by atoms with E-state index in [1.54, 1.807) is 0 Å². The average molecular weight is 220 g/mol. The molecule has 1 saturated heterocycles. The summed E-state index contributed by atoms with van der Waals surface area (Å²) in [7, 11) is -3.09. The van der Waals surface area contributed by atoms with Crippen LogP contribution < -0.4 is 0 Å². The molecular formula is C9H16O4S. The van der Waals surface area contributed by atoms with Gasteiger partial charge in [0, 0.05) is 13.2 Å². The number of sulfone groups is 1. The van der Waals surface area contributed by atoms with Crippen molar-refractivity contribution in [3.05, 3.63) is 12.7 Å². The summed E-state index contributed by atoms with van der Waals surface area (Å²) < 4.78 is 33.5. The number of hydrogen-bond acceptors (Lipinski definition) is 4. The zero-order chi connectivity index (χ0) is 10.8. The third kappa shape index (κ3) is 1.71. The van der Waals surface area contributed by atoms with E-state index in [1.165, 1.54) is 6.08 Å². The predicted octanol–water partition coefficient (Wildman–Crippen LogP) is 0.739. The van der Waals surface area contributed by atoms with Gasteiger partial charge in [0.2, 0.25) is 5.79 Å². The molecule has 0 unspecified atom stereocenters. The van der Waals surface area contributed by atoms with Crippen LogP contribution in [0.4, 0.5) is 0 Å². The van der Waals surface area contributed by atoms with E-state index in [9.17, 15) is 8.42 Å². The van der Waals surface area contributed by atoms with Gasteiger partial charge in [-0.2, -0.15) is 0 Å². The smallest absolute Gasteiger partial charge is 0.202 e. The summed E-state index contributed by atoms with van der Waals surface area (Å²) in [5.41, 5.74) is 0. The molecule has 1 aliphatic heterocycles. The fourth-order valence-corrected chi connectivity index (χ4v) is 3.58. The molecule has 0 aromatic heterocycles. The molecule has 1 aliphatic rings. The molecule has 1 atom stereocenters. The minimum Gasteiger partial charge on any atom is -0.348 e. The van der Waals surface area contributed by atoms with E-state index in [4.69, 9.17) is 9.47 Å². The summed E-state index contributed by atoms with van der Waals surface area (Å²) in [6.45, 7) is 7.98. The van der Waals surface area contributed by atoms with E-state index in [2.05, 4.69) is 6.58 Å². The zero-order valence-electron chi connectivity index (χ0n) is 8.52. The van der Waals surface area contributed by atoms with Gasteiger partial charge in [0.05, 0.1) is 0 Å². The van der Waals surface area contributed by atoms with E-state index >= 15 is 0 Å². The molecule has 4 nitrogen and oxygen atoms in total. The average Bonchev–Trinajstić information content (AvgIpc) is 2.03. The molecule has 0 radical (unpaired) electrons. The molecule has 5 heteroatoms. The SMILES string of the molecule is C=C[C@H]1C(OCC)(OCC)CS1(=O)=O. The second kappa shape index (κ2) is 4.00. The van der Waals surface area contributed by atoms with Gasteiger partial charge in [0.1, 0.15) is 11.0 Å². The highest BCUT2D eigenvalue weighted by molar-refractivity contribution is 7.93. The van der Waals surface area contributed by atoms with Crippen molar-refractivity contribution in [2.24, 2.45) is 0 Å². The number of hydrogen-bond donors (Lipinski definition) is 0. The van der Waals surface area contributed by atoms with Crippen LogP contribution in [0.25, 0.3) is 0 Å². The van der Waals surface area contributed by atoms with Crippen LogP contribution >= 0.6 is 0 Å². The molecule has 1 rings (SSSR count). The van der Waals surface area contributed by atoms with Crippen LogP contribution in [0.15, 0.2) is 12.7 Å². The van der Waals surface area contributed by atoms with E-state index in [0.29, 0.717) is 13.2 Å². The van der Waals surface area contributed by atoms with Crippen molar-refractivity contribution in [3.63, 3.8) is 0 Å². The topological polar surface area (TPSA) is 52.6 Å². The summed E-state index contributed by atoms with van der Waals surface area (Å²) >= 11 is 0. The van der Waals surface area contributed by atoms with Crippen LogP contribution in [0.3, 0.4) is 0 Å². The summed E-state index contributed by atoms with van der Waals surface area (Å²) in [5.74, 6) is -1.05. The van der Waals surface area contributed by atoms with Crippen molar-refractivity contribution in [2.45, 2.75) is 24.9 Å². The van der Waals surface area contributed by atoms with Crippen LogP contribution in [0.2, 0.25) is 0 Å². The van der Waals surface area contributed by atoms with E-state index in [0.717, 1.165) is 0 Å². The Morgan fingerprint density at radius 3 is 2.21 bits per heavy atom. The molecule has 0 saturated carbocycles. The largest absolute Gasteiger partial charge is 0.348 e. The van der Waals surface area contributed by atoms with Crippen molar-refractivity contribution in [1.29, 1.82) is 0 Å². The van der Waals surface area contributed by atoms with Gasteiger partial charge in [-0.25, -0.2) is 8.42 Å². The van der Waals surface area contributed by atoms with Gasteiger partial charge in [-0.1, -0.05) is 6.08 Å². The fourth-order valence-electron chi connectivity index (χ4n) is 1.73. The Morgan fingerprint density at radius 1 is 1.43 bits per heavy atom. The molecule has 1 heterocycles. The van der Waals surface area contributed by atoms with Crippen LogP contribution in [-0.4, -0.2) is 38.4 Å². The van der Waals surface area contributed by atoms with E-state index in [1.807, 2.05) is 13.8 Å². The van der Waals surface area contributed by atoms with Crippen LogP contribution in [0, 0.1) is 0 Å². The lowest BCUT2D eigenvalue weighted by molar-refractivity contribution is -0.223. The van der Waals surface area contributed by atoms with E-state index < -0.39 is 20.9 Å². The minimum atomic E-state index is -3.09. The molecule has 0 spiro atoms. The van der Waals surface area contributed by atoms with Gasteiger partial charge in [0.15, 0.2) is 9.84 Å². The molecule has 0 N–H and O–H groups in total. The molecule has 0 aromatic rings. The predicted molar refractivity (Wildman–Crippen MR) is 53.8 cm³/mol. The Hall–Kier alpha value is -0.390. The quantitative estimate of drug-likeness (QED) is 0.506. The van der Waals surface area contributed by atoms with Gasteiger partial charge < -0.3 is 9.47 Å². The van der Waals surface area contributed by atoms with Gasteiger partial charge in [-0.15, -0.1) is 6.58 Å². The normalized spacial score (nSPS) is 28.0. The molecule has 0 amide bonds. The first-order valence-electron chi connectivity index (χ1n) is 4.64. The van der Waals surface area contributed by atoms with Crippen molar-refractivity contribution < 1.29 is 17.9 Å². The van der Waals surface area contributed by atoms with E-state index in [-0.39, 0.29) is 5.75 Å². The van der Waals surface area contributed by atoms with Crippen LogP contribution in [0.5, 0.6) is 0 Å². The standard InChI is InChI=1S/C9H16O4S/c1-4-8-9(12-5-2,13-6-3)7-14(8,10)11/h4,8H,1,5-7H2,2-3H3/t8-/m0/s1. The first kappa shape index (κ1) is 11.7. The molecule has 14 heavy (non-hydrogen) atoms. The summed E-state index contributed by atoms with van der Waals surface area (Å²) in [4.78, 5) is 0. The lowest BCUT2D eigenvalue weighted by Gasteiger charge is -2.45. The third-order valence-electron chi connectivity index (χ3n) is 2.21. The first-order chi connectivity index (χ1) is 6.52. The number of ether oxygens (including phenoxy) is 2. The Morgan fingerprint density at radius 2 is 1.93 bits per heavy atom. The van der Waals surface area contributed by atoms with Gasteiger partial charge in [-0.3, -0.25) is 0 Å². The maximum absolute atomic E-state index is 11.4. The third-order valence-corrected chi connectivity index (χ3v) is 4.34. The van der Waals surface area contributed by atoms with Crippen LogP contribution in [0.1, 0.15) is 13.8 Å². The zero-order valence-corrected chi connectivity index (χ0v) is 9.34.